The molecule has 0 aliphatic heterocycles. The molecule has 0 unspecified atom stereocenters. The average molecular weight is 499 g/mol. The molecule has 3 aromatic rings. The molecular formula is C30H30F4O2. The molecule has 0 heterocycles. The summed E-state index contributed by atoms with van der Waals surface area (Å²) in [7, 11) is 0. The third-order valence-electron chi connectivity index (χ3n) is 6.70. The van der Waals surface area contributed by atoms with Crippen LogP contribution in [0.4, 0.5) is 17.6 Å². The first-order valence-corrected chi connectivity index (χ1v) is 12.3. The van der Waals surface area contributed by atoms with E-state index in [4.69, 9.17) is 9.47 Å². The van der Waals surface area contributed by atoms with E-state index in [1.807, 2.05) is 24.3 Å². The molecule has 0 spiro atoms. The number of hydrogen-bond donors (Lipinski definition) is 0. The van der Waals surface area contributed by atoms with Crippen LogP contribution >= 0.6 is 0 Å². The van der Waals surface area contributed by atoms with E-state index in [0.717, 1.165) is 25.7 Å². The molecule has 36 heavy (non-hydrogen) atoms. The van der Waals surface area contributed by atoms with Crippen LogP contribution in [0.1, 0.15) is 49.7 Å². The van der Waals surface area contributed by atoms with Crippen molar-refractivity contribution in [1.82, 2.24) is 0 Å². The molecule has 1 fully saturated rings. The first kappa shape index (κ1) is 25.8. The Labute approximate surface area is 209 Å². The Kier molecular flexibility index (Phi) is 8.68. The van der Waals surface area contributed by atoms with E-state index in [9.17, 15) is 17.6 Å². The topological polar surface area (TPSA) is 18.5 Å². The Morgan fingerprint density at radius 1 is 0.861 bits per heavy atom. The summed E-state index contributed by atoms with van der Waals surface area (Å²) in [6.45, 7) is 1.50. The fourth-order valence-corrected chi connectivity index (χ4v) is 4.71. The highest BCUT2D eigenvalue weighted by Crippen LogP contribution is 2.36. The highest BCUT2D eigenvalue weighted by atomic mass is 19.2. The minimum Gasteiger partial charge on any atom is -0.493 e. The molecule has 1 aliphatic carbocycles. The molecule has 4 rings (SSSR count). The summed E-state index contributed by atoms with van der Waals surface area (Å²) in [5.74, 6) is -1.18. The van der Waals surface area contributed by atoms with Gasteiger partial charge in [-0.25, -0.2) is 13.2 Å². The standard InChI is InChI=1S/C30H30F4O2/c1-2-35-28-16-15-27(29(33)30(28)34)24-11-13-26(14-12-24)36-19-21-5-9-23(10-6-21)22-7-3-20(4-8-22)17-25(32)18-31/h3-4,7-8,11-17,21,23H,2,5-6,9-10,18-19H2,1H3. The molecule has 0 atom stereocenters. The van der Waals surface area contributed by atoms with Crippen LogP contribution in [0.2, 0.25) is 0 Å². The fraction of sp³-hybridized carbons (Fsp3) is 0.333. The van der Waals surface area contributed by atoms with E-state index in [-0.39, 0.29) is 17.9 Å². The van der Waals surface area contributed by atoms with Crippen LogP contribution in [0.25, 0.3) is 17.2 Å². The van der Waals surface area contributed by atoms with Gasteiger partial charge in [0.15, 0.2) is 11.6 Å². The van der Waals surface area contributed by atoms with Gasteiger partial charge in [-0.3, -0.25) is 0 Å². The van der Waals surface area contributed by atoms with Gasteiger partial charge in [-0.1, -0.05) is 36.4 Å². The highest BCUT2D eigenvalue weighted by Gasteiger charge is 2.23. The number of alkyl halides is 1. The summed E-state index contributed by atoms with van der Waals surface area (Å²) in [5, 5.41) is 0. The summed E-state index contributed by atoms with van der Waals surface area (Å²) in [6, 6.07) is 17.6. The van der Waals surface area contributed by atoms with Crippen molar-refractivity contribution in [2.75, 3.05) is 19.9 Å². The Morgan fingerprint density at radius 3 is 2.19 bits per heavy atom. The van der Waals surface area contributed by atoms with E-state index >= 15 is 0 Å². The monoisotopic (exact) mass is 498 g/mol. The van der Waals surface area contributed by atoms with E-state index in [1.54, 1.807) is 31.2 Å². The van der Waals surface area contributed by atoms with Crippen LogP contribution in [0.5, 0.6) is 11.5 Å². The van der Waals surface area contributed by atoms with Gasteiger partial charge in [0.2, 0.25) is 5.82 Å². The number of ether oxygens (including phenoxy) is 2. The zero-order chi connectivity index (χ0) is 25.5. The maximum absolute atomic E-state index is 14.5. The van der Waals surface area contributed by atoms with Crippen LogP contribution in [0, 0.1) is 17.6 Å². The molecule has 0 bridgehead atoms. The smallest absolute Gasteiger partial charge is 0.201 e. The van der Waals surface area contributed by atoms with E-state index < -0.39 is 24.1 Å². The van der Waals surface area contributed by atoms with E-state index in [1.165, 1.54) is 23.8 Å². The molecule has 3 aromatic carbocycles. The largest absolute Gasteiger partial charge is 0.493 e. The molecular weight excluding hydrogens is 468 g/mol. The van der Waals surface area contributed by atoms with Crippen molar-refractivity contribution in [2.24, 2.45) is 5.92 Å². The maximum Gasteiger partial charge on any atom is 0.201 e. The van der Waals surface area contributed by atoms with Gasteiger partial charge in [-0.15, -0.1) is 0 Å². The van der Waals surface area contributed by atoms with Crippen molar-refractivity contribution < 1.29 is 27.0 Å². The molecule has 0 saturated heterocycles. The van der Waals surface area contributed by atoms with Crippen LogP contribution in [-0.4, -0.2) is 19.9 Å². The van der Waals surface area contributed by atoms with Crippen molar-refractivity contribution in [2.45, 2.75) is 38.5 Å². The summed E-state index contributed by atoms with van der Waals surface area (Å²) in [5.41, 5.74) is 2.63. The van der Waals surface area contributed by atoms with Gasteiger partial charge in [0.25, 0.3) is 0 Å². The van der Waals surface area contributed by atoms with Gasteiger partial charge < -0.3 is 9.47 Å². The second-order valence-corrected chi connectivity index (χ2v) is 9.12. The van der Waals surface area contributed by atoms with Crippen LogP contribution in [0.15, 0.2) is 66.5 Å². The predicted molar refractivity (Wildman–Crippen MR) is 135 cm³/mol. The van der Waals surface area contributed by atoms with Crippen LogP contribution in [0.3, 0.4) is 0 Å². The lowest BCUT2D eigenvalue weighted by molar-refractivity contribution is 0.200. The quantitative estimate of drug-likeness (QED) is 0.275. The number of benzene rings is 3. The molecule has 2 nitrogen and oxygen atoms in total. The second-order valence-electron chi connectivity index (χ2n) is 9.12. The lowest BCUT2D eigenvalue weighted by Crippen LogP contribution is -2.19. The lowest BCUT2D eigenvalue weighted by atomic mass is 9.79. The van der Waals surface area contributed by atoms with Crippen molar-refractivity contribution in [3.05, 3.63) is 89.3 Å². The van der Waals surface area contributed by atoms with E-state index in [2.05, 4.69) is 0 Å². The molecule has 0 aromatic heterocycles. The number of hydrogen-bond acceptors (Lipinski definition) is 2. The second kappa shape index (κ2) is 12.1. The van der Waals surface area contributed by atoms with Crippen molar-refractivity contribution in [1.29, 1.82) is 0 Å². The van der Waals surface area contributed by atoms with Crippen LogP contribution < -0.4 is 9.47 Å². The summed E-state index contributed by atoms with van der Waals surface area (Å²) in [4.78, 5) is 0. The normalized spacial score (nSPS) is 18.2. The predicted octanol–water partition coefficient (Wildman–Crippen LogP) is 8.66. The highest BCUT2D eigenvalue weighted by molar-refractivity contribution is 5.66. The zero-order valence-corrected chi connectivity index (χ0v) is 20.3. The number of halogens is 4. The van der Waals surface area contributed by atoms with Gasteiger partial charge in [0, 0.05) is 5.56 Å². The van der Waals surface area contributed by atoms with Crippen molar-refractivity contribution in [3.63, 3.8) is 0 Å². The van der Waals surface area contributed by atoms with Crippen LogP contribution in [-0.2, 0) is 0 Å². The Balaban J connectivity index is 1.28. The number of rotatable bonds is 9. The average Bonchev–Trinajstić information content (AvgIpc) is 2.91. The van der Waals surface area contributed by atoms with Crippen molar-refractivity contribution >= 4 is 6.08 Å². The summed E-state index contributed by atoms with van der Waals surface area (Å²) >= 11 is 0. The van der Waals surface area contributed by atoms with Gasteiger partial charge in [-0.05, 0) is 91.5 Å². The van der Waals surface area contributed by atoms with Crippen molar-refractivity contribution in [3.8, 4) is 22.6 Å². The Morgan fingerprint density at radius 2 is 1.56 bits per heavy atom. The maximum atomic E-state index is 14.5. The Bertz CT molecular complexity index is 1160. The fourth-order valence-electron chi connectivity index (χ4n) is 4.71. The SMILES string of the molecule is CCOc1ccc(-c2ccc(OCC3CCC(c4ccc(C=C(F)CF)cc4)CC3)cc2)c(F)c1F. The third kappa shape index (κ3) is 6.28. The van der Waals surface area contributed by atoms with Gasteiger partial charge in [-0.2, -0.15) is 4.39 Å². The minimum atomic E-state index is -1.08. The summed E-state index contributed by atoms with van der Waals surface area (Å²) in [6.07, 6.45) is 5.39. The molecule has 1 saturated carbocycles. The minimum absolute atomic E-state index is 0.0911. The number of allylic oxidation sites excluding steroid dienone is 1. The van der Waals surface area contributed by atoms with Gasteiger partial charge in [0.1, 0.15) is 18.3 Å². The molecule has 1 aliphatic rings. The lowest BCUT2D eigenvalue weighted by Gasteiger charge is -2.28. The molecule has 6 heteroatoms. The first-order valence-electron chi connectivity index (χ1n) is 12.3. The van der Waals surface area contributed by atoms with E-state index in [0.29, 0.717) is 35.3 Å². The molecule has 0 amide bonds. The van der Waals surface area contributed by atoms with Gasteiger partial charge in [0.05, 0.1) is 13.2 Å². The zero-order valence-electron chi connectivity index (χ0n) is 20.3. The first-order chi connectivity index (χ1) is 17.5. The molecule has 0 N–H and O–H groups in total. The Hall–Kier alpha value is -3.28. The molecule has 0 radical (unpaired) electrons. The summed E-state index contributed by atoms with van der Waals surface area (Å²) < 4.78 is 65.2. The van der Waals surface area contributed by atoms with Gasteiger partial charge >= 0.3 is 0 Å². The third-order valence-corrected chi connectivity index (χ3v) is 6.70. The molecule has 190 valence electrons.